The molecule has 2 heterocycles. The minimum Gasteiger partial charge on any atom is -0.466 e. The molecule has 1 aliphatic heterocycles. The van der Waals surface area contributed by atoms with E-state index in [2.05, 4.69) is 10.3 Å². The van der Waals surface area contributed by atoms with Crippen molar-refractivity contribution in [2.75, 3.05) is 51.1 Å². The van der Waals surface area contributed by atoms with Crippen LogP contribution >= 0.6 is 0 Å². The third kappa shape index (κ3) is 5.08. The van der Waals surface area contributed by atoms with Gasteiger partial charge < -0.3 is 25.0 Å². The van der Waals surface area contributed by atoms with Gasteiger partial charge in [-0.1, -0.05) is 12.1 Å². The van der Waals surface area contributed by atoms with Gasteiger partial charge in [0.15, 0.2) is 0 Å². The van der Waals surface area contributed by atoms with E-state index in [1.165, 1.54) is 12.0 Å². The molecule has 8 nitrogen and oxygen atoms in total. The molecule has 0 saturated carbocycles. The highest BCUT2D eigenvalue weighted by Gasteiger charge is 2.35. The molecule has 1 aliphatic rings. The number of β-amino-alcohol motifs (C(OH)–C–C–N with tert-alkyl or cyclic N) is 1. The van der Waals surface area contributed by atoms with E-state index in [1.54, 1.807) is 43.3 Å². The second-order valence-corrected chi connectivity index (χ2v) is 7.49. The third-order valence-electron chi connectivity index (χ3n) is 5.04. The van der Waals surface area contributed by atoms with Crippen LogP contribution in [0.15, 0.2) is 47.8 Å². The minimum absolute atomic E-state index is 0.00537. The molecule has 0 aliphatic carbocycles. The van der Waals surface area contributed by atoms with Gasteiger partial charge in [-0.15, -0.1) is 0 Å². The first-order chi connectivity index (χ1) is 15.6. The summed E-state index contributed by atoms with van der Waals surface area (Å²) in [4.78, 5) is 31.6. The molecule has 0 atom stereocenters. The number of ether oxygens (including phenoxy) is 1. The molecule has 176 valence electrons. The van der Waals surface area contributed by atoms with Crippen molar-refractivity contribution < 1.29 is 32.6 Å². The number of carbonyl (C=O) groups is 2. The topological polar surface area (TPSA) is 95.0 Å². The normalized spacial score (nSPS) is 14.0. The lowest BCUT2D eigenvalue weighted by atomic mass is 10.0. The molecule has 3 rings (SSSR count). The number of nitrogens with one attached hydrogen (secondary N) is 1. The van der Waals surface area contributed by atoms with Crippen LogP contribution in [0.3, 0.4) is 0 Å². The Bertz CT molecular complexity index is 1080. The lowest BCUT2D eigenvalue weighted by molar-refractivity contribution is -0.138. The van der Waals surface area contributed by atoms with Crippen LogP contribution in [-0.4, -0.2) is 67.8 Å². The second-order valence-electron chi connectivity index (χ2n) is 7.49. The Morgan fingerprint density at radius 1 is 1.27 bits per heavy atom. The zero-order chi connectivity index (χ0) is 24.3. The van der Waals surface area contributed by atoms with Gasteiger partial charge in [-0.2, -0.15) is 13.2 Å². The molecule has 0 saturated heterocycles. The zero-order valence-electron chi connectivity index (χ0n) is 18.2. The molecule has 33 heavy (non-hydrogen) atoms. The predicted octanol–water partition coefficient (Wildman–Crippen LogP) is 2.51. The fourth-order valence-electron chi connectivity index (χ4n) is 3.41. The number of esters is 1. The van der Waals surface area contributed by atoms with Gasteiger partial charge >= 0.3 is 12.1 Å². The van der Waals surface area contributed by atoms with Gasteiger partial charge in [0.2, 0.25) is 0 Å². The number of halogens is 3. The Hall–Kier alpha value is -3.60. The van der Waals surface area contributed by atoms with E-state index in [-0.39, 0.29) is 31.0 Å². The molecule has 2 N–H and O–H groups in total. The molecule has 0 fully saturated rings. The van der Waals surface area contributed by atoms with Gasteiger partial charge in [0, 0.05) is 38.1 Å². The summed E-state index contributed by atoms with van der Waals surface area (Å²) in [5.74, 6) is -0.774. The van der Waals surface area contributed by atoms with Crippen LogP contribution in [0.4, 0.5) is 24.7 Å². The van der Waals surface area contributed by atoms with E-state index in [1.807, 2.05) is 0 Å². The van der Waals surface area contributed by atoms with Crippen molar-refractivity contribution in [1.82, 2.24) is 9.88 Å². The van der Waals surface area contributed by atoms with Crippen LogP contribution in [0.5, 0.6) is 0 Å². The first kappa shape index (κ1) is 24.1. The smallest absolute Gasteiger partial charge is 0.417 e. The van der Waals surface area contributed by atoms with Crippen LogP contribution in [0.1, 0.15) is 5.56 Å². The van der Waals surface area contributed by atoms with Crippen LogP contribution in [-0.2, 0) is 20.5 Å². The molecular formula is C22H23F3N4O4. The Kier molecular flexibility index (Phi) is 6.92. The maximum absolute atomic E-state index is 13.2. The van der Waals surface area contributed by atoms with Gasteiger partial charge in [-0.3, -0.25) is 4.79 Å². The number of hydrogen-bond donors (Lipinski definition) is 2. The average molecular weight is 464 g/mol. The molecule has 1 amide bonds. The molecule has 1 aromatic carbocycles. The third-order valence-corrected chi connectivity index (χ3v) is 5.04. The van der Waals surface area contributed by atoms with Gasteiger partial charge in [0.05, 0.1) is 31.4 Å². The number of amides is 1. The number of pyridine rings is 1. The first-order valence-electron chi connectivity index (χ1n) is 9.90. The predicted molar refractivity (Wildman–Crippen MR) is 115 cm³/mol. The monoisotopic (exact) mass is 464 g/mol. The maximum atomic E-state index is 13.2. The van der Waals surface area contributed by atoms with Crippen molar-refractivity contribution >= 4 is 23.4 Å². The Morgan fingerprint density at radius 3 is 2.48 bits per heavy atom. The fraction of sp³-hybridized carbons (Fsp3) is 0.318. The second kappa shape index (κ2) is 9.49. The summed E-state index contributed by atoms with van der Waals surface area (Å²) >= 11 is 0. The van der Waals surface area contributed by atoms with Gasteiger partial charge in [-0.05, 0) is 23.8 Å². The van der Waals surface area contributed by atoms with Crippen LogP contribution in [0, 0.1) is 0 Å². The number of alkyl halides is 3. The zero-order valence-corrected chi connectivity index (χ0v) is 18.2. The number of rotatable bonds is 7. The van der Waals surface area contributed by atoms with Gasteiger partial charge in [-0.25, -0.2) is 9.78 Å². The van der Waals surface area contributed by atoms with Crippen molar-refractivity contribution in [2.45, 2.75) is 6.18 Å². The number of aliphatic hydroxyl groups is 1. The highest BCUT2D eigenvalue weighted by atomic mass is 19.4. The maximum Gasteiger partial charge on any atom is 0.417 e. The van der Waals surface area contributed by atoms with Crippen molar-refractivity contribution in [2.24, 2.45) is 0 Å². The molecule has 0 spiro atoms. The summed E-state index contributed by atoms with van der Waals surface area (Å²) < 4.78 is 44.4. The summed E-state index contributed by atoms with van der Waals surface area (Å²) in [5.41, 5.74) is 0.515. The van der Waals surface area contributed by atoms with E-state index in [0.717, 1.165) is 12.3 Å². The summed E-state index contributed by atoms with van der Waals surface area (Å²) in [6.07, 6.45) is -3.74. The van der Waals surface area contributed by atoms with Crippen LogP contribution in [0.2, 0.25) is 0 Å². The van der Waals surface area contributed by atoms with Crippen molar-refractivity contribution in [3.05, 3.63) is 53.4 Å². The van der Waals surface area contributed by atoms with Crippen molar-refractivity contribution in [3.63, 3.8) is 0 Å². The summed E-state index contributed by atoms with van der Waals surface area (Å²) in [6, 6.07) is 7.39. The van der Waals surface area contributed by atoms with Crippen LogP contribution < -0.4 is 10.2 Å². The Balaban J connectivity index is 1.93. The SMILES string of the molecule is COC(=O)C1=C(Nc2ccc(-c3cc(C(F)(F)F)cnc3N(C)C)cc2)C(=O)N(CCO)C1. The largest absolute Gasteiger partial charge is 0.466 e. The molecule has 11 heteroatoms. The van der Waals surface area contributed by atoms with Crippen LogP contribution in [0.25, 0.3) is 11.1 Å². The molecule has 2 aromatic rings. The van der Waals surface area contributed by atoms with E-state index in [0.29, 0.717) is 22.6 Å². The molecule has 0 bridgehead atoms. The number of methoxy groups -OCH3 is 1. The van der Waals surface area contributed by atoms with Crippen molar-refractivity contribution in [1.29, 1.82) is 0 Å². The number of aromatic nitrogens is 1. The molecule has 0 unspecified atom stereocenters. The quantitative estimate of drug-likeness (QED) is 0.608. The van der Waals surface area contributed by atoms with Gasteiger partial charge in [0.1, 0.15) is 11.5 Å². The number of anilines is 2. The lowest BCUT2D eigenvalue weighted by Crippen LogP contribution is -2.31. The number of carbonyl (C=O) groups excluding carboxylic acids is 2. The first-order valence-corrected chi connectivity index (χ1v) is 9.90. The van der Waals surface area contributed by atoms with E-state index < -0.39 is 23.6 Å². The van der Waals surface area contributed by atoms with E-state index in [4.69, 9.17) is 9.84 Å². The Morgan fingerprint density at radius 2 is 1.94 bits per heavy atom. The molecular weight excluding hydrogens is 441 g/mol. The molecule has 1 aromatic heterocycles. The fourth-order valence-corrected chi connectivity index (χ4v) is 3.41. The highest BCUT2D eigenvalue weighted by Crippen LogP contribution is 2.36. The Labute approximate surface area is 188 Å². The minimum atomic E-state index is -4.53. The lowest BCUT2D eigenvalue weighted by Gasteiger charge is -2.18. The number of nitrogens with zero attached hydrogens (tertiary/aromatic N) is 3. The molecule has 0 radical (unpaired) electrons. The van der Waals surface area contributed by atoms with E-state index >= 15 is 0 Å². The highest BCUT2D eigenvalue weighted by molar-refractivity contribution is 6.08. The summed E-state index contributed by atoms with van der Waals surface area (Å²) in [5, 5.41) is 12.0. The van der Waals surface area contributed by atoms with Gasteiger partial charge in [0.25, 0.3) is 5.91 Å². The number of hydrogen-bond acceptors (Lipinski definition) is 7. The number of aliphatic hydroxyl groups excluding tert-OH is 1. The number of benzene rings is 1. The summed E-state index contributed by atoms with van der Waals surface area (Å²) in [7, 11) is 4.56. The van der Waals surface area contributed by atoms with Crippen molar-refractivity contribution in [3.8, 4) is 11.1 Å². The average Bonchev–Trinajstić information content (AvgIpc) is 3.08. The van der Waals surface area contributed by atoms with E-state index in [9.17, 15) is 22.8 Å². The summed E-state index contributed by atoms with van der Waals surface area (Å²) in [6.45, 7) is -0.213. The standard InChI is InChI=1S/C22H23F3N4O4/c1-28(2)19-16(10-14(11-26-19)22(23,24)25)13-4-6-15(7-5-13)27-18-17(21(32)33-3)12-29(8-9-30)20(18)31/h4-7,10-11,27,30H,8-9,12H2,1-3H3.